The highest BCUT2D eigenvalue weighted by atomic mass is 16.5. The molecule has 128 valence electrons. The second-order valence-electron chi connectivity index (χ2n) is 6.66. The van der Waals surface area contributed by atoms with E-state index in [9.17, 15) is 4.79 Å². The lowest BCUT2D eigenvalue weighted by Crippen LogP contribution is -2.42. The van der Waals surface area contributed by atoms with Crippen LogP contribution in [0.3, 0.4) is 0 Å². The Bertz CT molecular complexity index is 705. The molecule has 1 aromatic heterocycles. The van der Waals surface area contributed by atoms with E-state index in [2.05, 4.69) is 29.4 Å². The molecule has 0 radical (unpaired) electrons. The molecular weight excluding hydrogens is 306 g/mol. The van der Waals surface area contributed by atoms with Crippen LogP contribution in [0.5, 0.6) is 5.75 Å². The molecule has 7 heteroatoms. The summed E-state index contributed by atoms with van der Waals surface area (Å²) in [6.07, 6.45) is 1.17. The van der Waals surface area contributed by atoms with Crippen molar-refractivity contribution in [3.63, 3.8) is 0 Å². The molecule has 1 aliphatic rings. The van der Waals surface area contributed by atoms with Crippen molar-refractivity contribution in [1.29, 1.82) is 0 Å². The fourth-order valence-electron chi connectivity index (χ4n) is 3.28. The van der Waals surface area contributed by atoms with Crippen molar-refractivity contribution in [2.45, 2.75) is 26.9 Å². The van der Waals surface area contributed by atoms with Gasteiger partial charge in [-0.3, -0.25) is 4.79 Å². The third-order valence-electron chi connectivity index (χ3n) is 4.34. The topological polar surface area (TPSA) is 73.1 Å². The first kappa shape index (κ1) is 16.4. The highest BCUT2D eigenvalue weighted by molar-refractivity contribution is 5.97. The molecule has 1 fully saturated rings. The smallest absolute Gasteiger partial charge is 0.257 e. The number of hydrogen-bond donors (Lipinski definition) is 0. The van der Waals surface area contributed by atoms with Gasteiger partial charge in [-0.2, -0.15) is 0 Å². The molecule has 2 heterocycles. The normalized spacial score (nSPS) is 20.9. The zero-order valence-corrected chi connectivity index (χ0v) is 14.3. The highest BCUT2D eigenvalue weighted by Crippen LogP contribution is 2.26. The third-order valence-corrected chi connectivity index (χ3v) is 4.34. The molecule has 1 aliphatic heterocycles. The van der Waals surface area contributed by atoms with Gasteiger partial charge in [-0.25, -0.2) is 4.68 Å². The second kappa shape index (κ2) is 6.98. The number of para-hydroxylation sites is 1. The minimum absolute atomic E-state index is 0.0279. The van der Waals surface area contributed by atoms with Crippen LogP contribution in [0.1, 0.15) is 36.5 Å². The average molecular weight is 329 g/mol. The molecule has 1 amide bonds. The third kappa shape index (κ3) is 3.55. The van der Waals surface area contributed by atoms with Crippen LogP contribution >= 0.6 is 0 Å². The number of piperidine rings is 1. The Labute approximate surface area is 141 Å². The van der Waals surface area contributed by atoms with Crippen LogP contribution in [0.25, 0.3) is 0 Å². The van der Waals surface area contributed by atoms with Gasteiger partial charge in [0.15, 0.2) is 5.82 Å². The summed E-state index contributed by atoms with van der Waals surface area (Å²) in [6.45, 7) is 6.20. The molecule has 24 heavy (non-hydrogen) atoms. The van der Waals surface area contributed by atoms with Crippen molar-refractivity contribution in [2.24, 2.45) is 18.9 Å². The fraction of sp³-hybridized carbons (Fsp3) is 0.529. The van der Waals surface area contributed by atoms with Crippen LogP contribution in [0.2, 0.25) is 0 Å². The van der Waals surface area contributed by atoms with Crippen LogP contribution in [0.4, 0.5) is 0 Å². The summed E-state index contributed by atoms with van der Waals surface area (Å²) in [4.78, 5) is 14.9. The molecule has 0 spiro atoms. The first-order valence-electron chi connectivity index (χ1n) is 8.27. The molecule has 0 N–H and O–H groups in total. The Hall–Kier alpha value is -2.44. The average Bonchev–Trinajstić information content (AvgIpc) is 2.97. The number of benzene rings is 1. The molecule has 2 unspecified atom stereocenters. The van der Waals surface area contributed by atoms with Crippen molar-refractivity contribution >= 4 is 5.91 Å². The number of ether oxygens (including phenoxy) is 1. The van der Waals surface area contributed by atoms with Crippen LogP contribution in [-0.2, 0) is 13.7 Å². The van der Waals surface area contributed by atoms with Gasteiger partial charge in [0.05, 0.1) is 5.56 Å². The van der Waals surface area contributed by atoms with Gasteiger partial charge in [0.2, 0.25) is 0 Å². The van der Waals surface area contributed by atoms with E-state index >= 15 is 0 Å². The van der Waals surface area contributed by atoms with Gasteiger partial charge in [-0.15, -0.1) is 5.10 Å². The number of carbonyl (C=O) groups excluding carboxylic acids is 1. The number of aromatic nitrogens is 4. The predicted octanol–water partition coefficient (Wildman–Crippen LogP) is 1.91. The number of nitrogens with zero attached hydrogens (tertiary/aromatic N) is 5. The first-order chi connectivity index (χ1) is 11.5. The van der Waals surface area contributed by atoms with E-state index in [4.69, 9.17) is 4.74 Å². The zero-order chi connectivity index (χ0) is 17.1. The van der Waals surface area contributed by atoms with Crippen LogP contribution in [0, 0.1) is 11.8 Å². The summed E-state index contributed by atoms with van der Waals surface area (Å²) in [5.41, 5.74) is 0.592. The fourth-order valence-corrected chi connectivity index (χ4v) is 3.28. The molecular formula is C17H23N5O2. The first-order valence-corrected chi connectivity index (χ1v) is 8.27. The van der Waals surface area contributed by atoms with Gasteiger partial charge in [-0.05, 0) is 40.8 Å². The summed E-state index contributed by atoms with van der Waals surface area (Å²) in [7, 11) is 1.76. The molecule has 0 aliphatic carbocycles. The van der Waals surface area contributed by atoms with E-state index in [-0.39, 0.29) is 12.5 Å². The van der Waals surface area contributed by atoms with Crippen LogP contribution in [0.15, 0.2) is 24.3 Å². The van der Waals surface area contributed by atoms with Crippen molar-refractivity contribution in [3.05, 3.63) is 35.7 Å². The van der Waals surface area contributed by atoms with Gasteiger partial charge in [0.1, 0.15) is 12.4 Å². The van der Waals surface area contributed by atoms with E-state index in [1.165, 1.54) is 6.42 Å². The molecule has 7 nitrogen and oxygen atoms in total. The summed E-state index contributed by atoms with van der Waals surface area (Å²) < 4.78 is 7.37. The summed E-state index contributed by atoms with van der Waals surface area (Å²) in [5, 5.41) is 11.3. The number of likely N-dealkylation sites (tertiary alicyclic amines) is 1. The quantitative estimate of drug-likeness (QED) is 0.857. The maximum Gasteiger partial charge on any atom is 0.257 e. The lowest BCUT2D eigenvalue weighted by Gasteiger charge is -2.35. The van der Waals surface area contributed by atoms with Gasteiger partial charge >= 0.3 is 0 Å². The Balaban J connectivity index is 1.76. The standard InChI is InChI=1S/C17H23N5O2/c1-12-8-13(2)10-22(9-12)17(23)14-6-4-5-7-15(14)24-11-16-18-19-20-21(16)3/h4-7,12-13H,8-11H2,1-3H3. The maximum atomic E-state index is 12.9. The Morgan fingerprint density at radius 1 is 1.25 bits per heavy atom. The minimum atomic E-state index is 0.0279. The molecule has 3 rings (SSSR count). The molecule has 2 aromatic rings. The van der Waals surface area contributed by atoms with Crippen molar-refractivity contribution < 1.29 is 9.53 Å². The van der Waals surface area contributed by atoms with E-state index in [1.54, 1.807) is 11.7 Å². The molecule has 0 saturated carbocycles. The summed E-state index contributed by atoms with van der Waals surface area (Å²) in [5.74, 6) is 2.25. The summed E-state index contributed by atoms with van der Waals surface area (Å²) in [6, 6.07) is 7.35. The maximum absolute atomic E-state index is 12.9. The van der Waals surface area contributed by atoms with Gasteiger partial charge in [0, 0.05) is 20.1 Å². The van der Waals surface area contributed by atoms with E-state index in [0.29, 0.717) is 29.0 Å². The van der Waals surface area contributed by atoms with Crippen molar-refractivity contribution in [2.75, 3.05) is 13.1 Å². The SMILES string of the molecule is CC1CC(C)CN(C(=O)c2ccccc2OCc2nnnn2C)C1. The van der Waals surface area contributed by atoms with Crippen molar-refractivity contribution in [1.82, 2.24) is 25.1 Å². The van der Waals surface area contributed by atoms with Crippen molar-refractivity contribution in [3.8, 4) is 5.75 Å². The lowest BCUT2D eigenvalue weighted by atomic mass is 9.91. The number of aryl methyl sites for hydroxylation is 1. The number of hydrogen-bond acceptors (Lipinski definition) is 5. The molecule has 0 bridgehead atoms. The monoisotopic (exact) mass is 329 g/mol. The second-order valence-corrected chi connectivity index (χ2v) is 6.66. The predicted molar refractivity (Wildman–Crippen MR) is 88.4 cm³/mol. The molecule has 2 atom stereocenters. The molecule has 1 saturated heterocycles. The van der Waals surface area contributed by atoms with Gasteiger partial charge in [0.25, 0.3) is 5.91 Å². The van der Waals surface area contributed by atoms with Gasteiger partial charge < -0.3 is 9.64 Å². The van der Waals surface area contributed by atoms with E-state index in [0.717, 1.165) is 13.1 Å². The van der Waals surface area contributed by atoms with E-state index < -0.39 is 0 Å². The largest absolute Gasteiger partial charge is 0.485 e. The molecule has 1 aromatic carbocycles. The Morgan fingerprint density at radius 2 is 1.96 bits per heavy atom. The van der Waals surface area contributed by atoms with Gasteiger partial charge in [-0.1, -0.05) is 26.0 Å². The van der Waals surface area contributed by atoms with Crippen LogP contribution < -0.4 is 4.74 Å². The Kier molecular flexibility index (Phi) is 4.78. The number of carbonyl (C=O) groups is 1. The highest BCUT2D eigenvalue weighted by Gasteiger charge is 2.27. The zero-order valence-electron chi connectivity index (χ0n) is 14.3. The lowest BCUT2D eigenvalue weighted by molar-refractivity contribution is 0.0618. The number of rotatable bonds is 4. The summed E-state index contributed by atoms with van der Waals surface area (Å²) >= 11 is 0. The van der Waals surface area contributed by atoms with Crippen LogP contribution in [-0.4, -0.2) is 44.1 Å². The van der Waals surface area contributed by atoms with E-state index in [1.807, 2.05) is 29.2 Å². The minimum Gasteiger partial charge on any atom is -0.485 e. The number of amides is 1. The number of tetrazole rings is 1. The Morgan fingerprint density at radius 3 is 2.62 bits per heavy atom.